The first kappa shape index (κ1) is 18.2. The van der Waals surface area contributed by atoms with Crippen LogP contribution in [0.2, 0.25) is 0 Å². The van der Waals surface area contributed by atoms with Crippen LogP contribution in [0.3, 0.4) is 0 Å². The highest BCUT2D eigenvalue weighted by Gasteiger charge is 2.50. The maximum Gasteiger partial charge on any atom is 0.330 e. The van der Waals surface area contributed by atoms with Gasteiger partial charge in [-0.05, 0) is 37.2 Å². The van der Waals surface area contributed by atoms with E-state index < -0.39 is 0 Å². The minimum atomic E-state index is -0.264. The topological polar surface area (TPSA) is 56.0 Å². The molecule has 4 atom stereocenters. The lowest BCUT2D eigenvalue weighted by atomic mass is 9.53. The van der Waals surface area contributed by atoms with Crippen LogP contribution in [0, 0.1) is 18.8 Å². The van der Waals surface area contributed by atoms with Gasteiger partial charge in [-0.15, -0.1) is 0 Å². The molecule has 0 bridgehead atoms. The molecular weight excluding hydrogens is 338 g/mol. The highest BCUT2D eigenvalue weighted by Crippen LogP contribution is 2.54. The van der Waals surface area contributed by atoms with Crippen LogP contribution in [-0.2, 0) is 20.6 Å². The number of nitrogens with one attached hydrogen (secondary N) is 1. The Labute approximate surface area is 160 Å². The molecule has 4 rings (SSSR count). The number of rotatable bonds is 4. The van der Waals surface area contributed by atoms with Crippen molar-refractivity contribution in [2.24, 2.45) is 25.9 Å². The van der Waals surface area contributed by atoms with Crippen molar-refractivity contribution < 1.29 is 0 Å². The van der Waals surface area contributed by atoms with Gasteiger partial charge in [0, 0.05) is 38.3 Å². The summed E-state index contributed by atoms with van der Waals surface area (Å²) >= 11 is 0. The van der Waals surface area contributed by atoms with E-state index >= 15 is 0 Å². The van der Waals surface area contributed by atoms with Crippen molar-refractivity contribution in [1.29, 1.82) is 0 Å². The molecule has 1 aromatic heterocycles. The predicted octanol–water partition coefficient (Wildman–Crippen LogP) is 2.45. The number of benzene rings is 1. The molecule has 1 N–H and O–H groups in total. The Morgan fingerprint density at radius 1 is 1.00 bits per heavy atom. The fourth-order valence-corrected chi connectivity index (χ4v) is 5.31. The SMILES string of the molecule is Cc1c(CN[C@H]2C3CCCCC3[C@@H]2c2ccccc2)c(=O)n(C)c(=O)n1C. The standard InChI is InChI=1S/C22H29N3O2/c1-14-18(21(26)25(3)22(27)24(14)2)13-23-20-17-12-8-7-11-16(17)19(20)15-9-5-4-6-10-15/h4-6,9-10,16-17,19-20,23H,7-8,11-13H2,1-3H3/t16?,17?,19-,20-/m0/s1. The second kappa shape index (κ2) is 7.12. The van der Waals surface area contributed by atoms with Crippen molar-refractivity contribution in [3.8, 4) is 0 Å². The zero-order valence-corrected chi connectivity index (χ0v) is 16.4. The summed E-state index contributed by atoms with van der Waals surface area (Å²) in [5.74, 6) is 1.97. The molecule has 1 aromatic carbocycles. The van der Waals surface area contributed by atoms with E-state index in [4.69, 9.17) is 0 Å². The molecule has 0 spiro atoms. The van der Waals surface area contributed by atoms with E-state index in [9.17, 15) is 9.59 Å². The third-order valence-electron chi connectivity index (χ3n) is 6.96. The second-order valence-corrected chi connectivity index (χ2v) is 8.23. The molecule has 1 heterocycles. The van der Waals surface area contributed by atoms with Crippen molar-refractivity contribution >= 4 is 0 Å². The molecule has 2 fully saturated rings. The molecule has 0 aliphatic heterocycles. The average Bonchev–Trinajstić information content (AvgIpc) is 2.69. The van der Waals surface area contributed by atoms with Gasteiger partial charge in [0.25, 0.3) is 5.56 Å². The fraction of sp³-hybridized carbons (Fsp3) is 0.545. The van der Waals surface area contributed by atoms with E-state index in [0.717, 1.165) is 11.6 Å². The van der Waals surface area contributed by atoms with Gasteiger partial charge in [-0.25, -0.2) is 4.79 Å². The van der Waals surface area contributed by atoms with Crippen molar-refractivity contribution in [3.05, 3.63) is 68.0 Å². The summed E-state index contributed by atoms with van der Waals surface area (Å²) in [6.07, 6.45) is 5.22. The number of aromatic nitrogens is 2. The van der Waals surface area contributed by atoms with E-state index in [0.29, 0.717) is 30.0 Å². The molecular formula is C22H29N3O2. The van der Waals surface area contributed by atoms with Crippen LogP contribution < -0.4 is 16.6 Å². The van der Waals surface area contributed by atoms with Crippen molar-refractivity contribution in [2.45, 2.75) is 51.1 Å². The Balaban J connectivity index is 1.60. The third-order valence-corrected chi connectivity index (χ3v) is 6.96. The first-order chi connectivity index (χ1) is 13.0. The average molecular weight is 367 g/mol. The Kier molecular flexibility index (Phi) is 4.81. The van der Waals surface area contributed by atoms with Crippen LogP contribution in [0.4, 0.5) is 0 Å². The van der Waals surface area contributed by atoms with E-state index in [1.807, 2.05) is 6.92 Å². The predicted molar refractivity (Wildman–Crippen MR) is 107 cm³/mol. The van der Waals surface area contributed by atoms with Crippen LogP contribution in [0.15, 0.2) is 39.9 Å². The van der Waals surface area contributed by atoms with E-state index in [-0.39, 0.29) is 11.2 Å². The van der Waals surface area contributed by atoms with E-state index in [1.165, 1.54) is 35.8 Å². The lowest BCUT2D eigenvalue weighted by Gasteiger charge is -2.55. The zero-order valence-electron chi connectivity index (χ0n) is 16.4. The van der Waals surface area contributed by atoms with Gasteiger partial charge < -0.3 is 9.88 Å². The van der Waals surface area contributed by atoms with Gasteiger partial charge in [0.2, 0.25) is 0 Å². The first-order valence-electron chi connectivity index (χ1n) is 10.0. The molecule has 0 radical (unpaired) electrons. The first-order valence-corrected chi connectivity index (χ1v) is 10.0. The smallest absolute Gasteiger partial charge is 0.309 e. The summed E-state index contributed by atoms with van der Waals surface area (Å²) in [6, 6.07) is 11.2. The van der Waals surface area contributed by atoms with Gasteiger partial charge in [0.15, 0.2) is 0 Å². The molecule has 2 saturated carbocycles. The monoisotopic (exact) mass is 367 g/mol. The van der Waals surface area contributed by atoms with Crippen LogP contribution in [0.1, 0.15) is 48.4 Å². The molecule has 0 amide bonds. The molecule has 27 heavy (non-hydrogen) atoms. The molecule has 5 heteroatoms. The summed E-state index contributed by atoms with van der Waals surface area (Å²) in [5.41, 5.74) is 2.42. The van der Waals surface area contributed by atoms with Gasteiger partial charge in [0.1, 0.15) is 0 Å². The fourth-order valence-electron chi connectivity index (χ4n) is 5.31. The lowest BCUT2D eigenvalue weighted by Crippen LogP contribution is -2.58. The minimum Gasteiger partial charge on any atom is -0.309 e. The van der Waals surface area contributed by atoms with E-state index in [1.54, 1.807) is 18.7 Å². The number of hydrogen-bond donors (Lipinski definition) is 1. The van der Waals surface area contributed by atoms with Gasteiger partial charge >= 0.3 is 5.69 Å². The summed E-state index contributed by atoms with van der Waals surface area (Å²) in [7, 11) is 3.29. The molecule has 2 aliphatic rings. The molecule has 5 nitrogen and oxygen atoms in total. The largest absolute Gasteiger partial charge is 0.330 e. The van der Waals surface area contributed by atoms with Gasteiger partial charge in [-0.1, -0.05) is 43.2 Å². The van der Waals surface area contributed by atoms with Gasteiger partial charge in [-0.2, -0.15) is 0 Å². The van der Waals surface area contributed by atoms with Crippen molar-refractivity contribution in [3.63, 3.8) is 0 Å². The Bertz CT molecular complexity index is 945. The van der Waals surface area contributed by atoms with Crippen LogP contribution in [-0.4, -0.2) is 15.2 Å². The highest BCUT2D eigenvalue weighted by atomic mass is 16.2. The molecule has 2 unspecified atom stereocenters. The molecule has 144 valence electrons. The minimum absolute atomic E-state index is 0.182. The van der Waals surface area contributed by atoms with E-state index in [2.05, 4.69) is 35.6 Å². The zero-order chi connectivity index (χ0) is 19.1. The quantitative estimate of drug-likeness (QED) is 0.903. The van der Waals surface area contributed by atoms with Crippen LogP contribution in [0.25, 0.3) is 0 Å². The summed E-state index contributed by atoms with van der Waals surface area (Å²) in [4.78, 5) is 24.7. The van der Waals surface area contributed by atoms with Crippen molar-refractivity contribution in [1.82, 2.24) is 14.5 Å². The number of fused-ring (bicyclic) bond motifs is 1. The summed E-state index contributed by atoms with van der Waals surface area (Å²) in [6.45, 7) is 2.38. The second-order valence-electron chi connectivity index (χ2n) is 8.23. The normalized spacial score (nSPS) is 27.1. The maximum absolute atomic E-state index is 12.6. The van der Waals surface area contributed by atoms with Crippen LogP contribution in [0.5, 0.6) is 0 Å². The maximum atomic E-state index is 12.6. The molecule has 2 aromatic rings. The number of nitrogens with zero attached hydrogens (tertiary/aromatic N) is 2. The Morgan fingerprint density at radius 3 is 2.37 bits per heavy atom. The number of hydrogen-bond acceptors (Lipinski definition) is 3. The summed E-state index contributed by atoms with van der Waals surface area (Å²) in [5, 5.41) is 3.71. The lowest BCUT2D eigenvalue weighted by molar-refractivity contribution is 0.0252. The highest BCUT2D eigenvalue weighted by molar-refractivity contribution is 5.28. The van der Waals surface area contributed by atoms with Gasteiger partial charge in [0.05, 0.1) is 5.56 Å². The third kappa shape index (κ3) is 2.98. The molecule has 0 saturated heterocycles. The Hall–Kier alpha value is -2.14. The summed E-state index contributed by atoms with van der Waals surface area (Å²) < 4.78 is 2.78. The van der Waals surface area contributed by atoms with Crippen molar-refractivity contribution in [2.75, 3.05) is 0 Å². The van der Waals surface area contributed by atoms with Crippen LogP contribution >= 0.6 is 0 Å². The van der Waals surface area contributed by atoms with Gasteiger partial charge in [-0.3, -0.25) is 9.36 Å². The molecule has 2 aliphatic carbocycles. The Morgan fingerprint density at radius 2 is 1.67 bits per heavy atom.